The van der Waals surface area contributed by atoms with Gasteiger partial charge in [-0.3, -0.25) is 9.11 Å². The minimum atomic E-state index is -4.72. The molecule has 0 aliphatic carbocycles. The van der Waals surface area contributed by atoms with Gasteiger partial charge in [0.05, 0.1) is 4.90 Å². The zero-order valence-electron chi connectivity index (χ0n) is 15.6. The third kappa shape index (κ3) is 4.35. The highest BCUT2D eigenvalue weighted by atomic mass is 32.2. The lowest BCUT2D eigenvalue weighted by molar-refractivity contribution is 0.440. The lowest BCUT2D eigenvalue weighted by Gasteiger charge is -2.15. The van der Waals surface area contributed by atoms with E-state index in [0.717, 1.165) is 29.4 Å². The maximum atomic E-state index is 11.7. The van der Waals surface area contributed by atoms with Crippen LogP contribution in [0.3, 0.4) is 0 Å². The van der Waals surface area contributed by atoms with Crippen LogP contribution in [0.2, 0.25) is 0 Å². The van der Waals surface area contributed by atoms with Gasteiger partial charge in [-0.25, -0.2) is 0 Å². The number of phenols is 1. The van der Waals surface area contributed by atoms with E-state index in [1.807, 2.05) is 31.1 Å². The van der Waals surface area contributed by atoms with E-state index < -0.39 is 35.8 Å². The fraction of sp³-hybridized carbons (Fsp3) is 0.158. The van der Waals surface area contributed by atoms with Crippen LogP contribution in [0.15, 0.2) is 58.3 Å². The third-order valence-electron chi connectivity index (χ3n) is 4.57. The summed E-state index contributed by atoms with van der Waals surface area (Å²) in [5.74, 6) is -0.677. The van der Waals surface area contributed by atoms with Gasteiger partial charge in [0.1, 0.15) is 10.6 Å². The average Bonchev–Trinajstić information content (AvgIpc) is 2.62. The molecule has 8 nitrogen and oxygen atoms in total. The summed E-state index contributed by atoms with van der Waals surface area (Å²) in [4.78, 5) is 0.825. The predicted molar refractivity (Wildman–Crippen MR) is 109 cm³/mol. The number of anilines is 1. The molecule has 3 aromatic carbocycles. The van der Waals surface area contributed by atoms with Crippen molar-refractivity contribution in [2.75, 3.05) is 19.0 Å². The smallest absolute Gasteiger partial charge is 0.298 e. The first kappa shape index (κ1) is 21.1. The van der Waals surface area contributed by atoms with Crippen molar-refractivity contribution in [3.8, 4) is 5.75 Å². The minimum Gasteiger partial charge on any atom is -0.506 e. The zero-order valence-corrected chi connectivity index (χ0v) is 17.2. The van der Waals surface area contributed by atoms with Crippen LogP contribution in [-0.2, 0) is 26.7 Å². The topological polar surface area (TPSA) is 132 Å². The fourth-order valence-electron chi connectivity index (χ4n) is 3.06. The van der Waals surface area contributed by atoms with Crippen molar-refractivity contribution >= 4 is 36.7 Å². The standard InChI is InChI=1S/C19H19NO7S2/c1-20(2)14-6-3-12(4-7-14)9-17-16-11-15(28(22,23)24)8-5-13(16)10-18(19(17)21)29(25,26)27/h3-8,10-11,21H,9H2,1-2H3,(H,22,23,24)(H,25,26,27). The Hall–Kier alpha value is -2.66. The highest BCUT2D eigenvalue weighted by Crippen LogP contribution is 2.36. The molecule has 154 valence electrons. The molecule has 3 rings (SSSR count). The summed E-state index contributed by atoms with van der Waals surface area (Å²) in [7, 11) is -5.47. The van der Waals surface area contributed by atoms with Gasteiger partial charge in [-0.1, -0.05) is 18.2 Å². The lowest BCUT2D eigenvalue weighted by atomic mass is 9.97. The van der Waals surface area contributed by atoms with E-state index >= 15 is 0 Å². The Morgan fingerprint density at radius 3 is 2.00 bits per heavy atom. The molecule has 0 aromatic heterocycles. The van der Waals surface area contributed by atoms with E-state index in [1.54, 1.807) is 12.1 Å². The number of rotatable bonds is 5. The first-order valence-electron chi connectivity index (χ1n) is 8.38. The van der Waals surface area contributed by atoms with E-state index in [9.17, 15) is 31.0 Å². The Balaban J connectivity index is 2.26. The molecular weight excluding hydrogens is 418 g/mol. The molecule has 3 N–H and O–H groups in total. The molecule has 0 aliphatic heterocycles. The van der Waals surface area contributed by atoms with Gasteiger partial charge >= 0.3 is 0 Å². The normalized spacial score (nSPS) is 12.3. The SMILES string of the molecule is CN(C)c1ccc(Cc2c(O)c(S(=O)(=O)O)cc3ccc(S(=O)(=O)O)cc23)cc1. The van der Waals surface area contributed by atoms with Gasteiger partial charge < -0.3 is 10.0 Å². The second-order valence-electron chi connectivity index (χ2n) is 6.77. The molecule has 0 saturated heterocycles. The molecule has 0 fully saturated rings. The van der Waals surface area contributed by atoms with E-state index in [2.05, 4.69) is 0 Å². The number of benzene rings is 3. The predicted octanol–water partition coefficient (Wildman–Crippen LogP) is 2.70. The summed E-state index contributed by atoms with van der Waals surface area (Å²) in [6, 6.07) is 11.9. The van der Waals surface area contributed by atoms with Gasteiger partial charge in [-0.05, 0) is 46.7 Å². The van der Waals surface area contributed by atoms with Crippen LogP contribution in [0.4, 0.5) is 5.69 Å². The number of hydrogen-bond acceptors (Lipinski definition) is 6. The van der Waals surface area contributed by atoms with Gasteiger partial charge in [-0.2, -0.15) is 16.8 Å². The van der Waals surface area contributed by atoms with Gasteiger partial charge in [0.2, 0.25) is 0 Å². The number of hydrogen-bond donors (Lipinski definition) is 3. The molecular formula is C19H19NO7S2. The summed E-state index contributed by atoms with van der Waals surface area (Å²) in [6.07, 6.45) is 0.0638. The van der Waals surface area contributed by atoms with E-state index in [4.69, 9.17) is 0 Å². The molecule has 0 aliphatic rings. The molecule has 0 bridgehead atoms. The highest BCUT2D eigenvalue weighted by molar-refractivity contribution is 7.86. The van der Waals surface area contributed by atoms with Crippen LogP contribution in [0.5, 0.6) is 5.75 Å². The first-order chi connectivity index (χ1) is 13.4. The van der Waals surface area contributed by atoms with Crippen molar-refractivity contribution in [1.82, 2.24) is 0 Å². The molecule has 10 heteroatoms. The highest BCUT2D eigenvalue weighted by Gasteiger charge is 2.23. The molecule has 0 radical (unpaired) electrons. The molecule has 0 saturated carbocycles. The van der Waals surface area contributed by atoms with E-state index in [0.29, 0.717) is 0 Å². The summed E-state index contributed by atoms with van der Waals surface area (Å²) < 4.78 is 65.2. The van der Waals surface area contributed by atoms with Gasteiger partial charge in [0.15, 0.2) is 0 Å². The van der Waals surface area contributed by atoms with Crippen LogP contribution < -0.4 is 4.90 Å². The van der Waals surface area contributed by atoms with Crippen LogP contribution in [0.1, 0.15) is 11.1 Å². The zero-order chi connectivity index (χ0) is 21.6. The molecule has 0 heterocycles. The maximum Gasteiger partial charge on any atom is 0.298 e. The molecule has 29 heavy (non-hydrogen) atoms. The monoisotopic (exact) mass is 437 g/mol. The van der Waals surface area contributed by atoms with E-state index in [1.165, 1.54) is 6.07 Å². The Morgan fingerprint density at radius 1 is 0.862 bits per heavy atom. The minimum absolute atomic E-state index is 0.0638. The van der Waals surface area contributed by atoms with Crippen molar-refractivity contribution in [2.45, 2.75) is 16.2 Å². The Morgan fingerprint density at radius 2 is 1.48 bits per heavy atom. The van der Waals surface area contributed by atoms with Gasteiger partial charge in [0, 0.05) is 31.8 Å². The third-order valence-corrected chi connectivity index (χ3v) is 6.28. The van der Waals surface area contributed by atoms with Crippen LogP contribution >= 0.6 is 0 Å². The molecule has 0 unspecified atom stereocenters. The molecule has 0 atom stereocenters. The Kier molecular flexibility index (Phi) is 5.30. The summed E-state index contributed by atoms with van der Waals surface area (Å²) >= 11 is 0. The van der Waals surface area contributed by atoms with Crippen LogP contribution in [0.25, 0.3) is 10.8 Å². The second-order valence-corrected chi connectivity index (χ2v) is 9.58. The first-order valence-corrected chi connectivity index (χ1v) is 11.3. The Bertz CT molecular complexity index is 1300. The van der Waals surface area contributed by atoms with Crippen LogP contribution in [-0.4, -0.2) is 45.1 Å². The fourth-order valence-corrected chi connectivity index (χ4v) is 4.21. The van der Waals surface area contributed by atoms with Crippen molar-refractivity contribution < 1.29 is 31.0 Å². The number of aromatic hydroxyl groups is 1. The molecule has 3 aromatic rings. The maximum absolute atomic E-state index is 11.7. The summed E-state index contributed by atoms with van der Waals surface area (Å²) in [5.41, 5.74) is 1.76. The van der Waals surface area contributed by atoms with Gasteiger partial charge in [0.25, 0.3) is 20.2 Å². The summed E-state index contributed by atoms with van der Waals surface area (Å²) in [5, 5.41) is 11.1. The molecule has 0 amide bonds. The lowest BCUT2D eigenvalue weighted by Crippen LogP contribution is -2.08. The number of nitrogens with zero attached hydrogens (tertiary/aromatic N) is 1. The molecule has 0 spiro atoms. The largest absolute Gasteiger partial charge is 0.506 e. The summed E-state index contributed by atoms with van der Waals surface area (Å²) in [6.45, 7) is 0. The van der Waals surface area contributed by atoms with Crippen molar-refractivity contribution in [2.24, 2.45) is 0 Å². The van der Waals surface area contributed by atoms with Crippen molar-refractivity contribution in [3.63, 3.8) is 0 Å². The van der Waals surface area contributed by atoms with Crippen molar-refractivity contribution in [1.29, 1.82) is 0 Å². The number of fused-ring (bicyclic) bond motifs is 1. The van der Waals surface area contributed by atoms with E-state index in [-0.39, 0.29) is 22.8 Å². The second kappa shape index (κ2) is 7.30. The van der Waals surface area contributed by atoms with Gasteiger partial charge in [-0.15, -0.1) is 0 Å². The number of phenolic OH excluding ortho intramolecular Hbond substituents is 1. The average molecular weight is 437 g/mol. The Labute approximate surface area is 168 Å². The quantitative estimate of drug-likeness (QED) is 0.519. The van der Waals surface area contributed by atoms with Crippen molar-refractivity contribution in [3.05, 3.63) is 59.7 Å². The van der Waals surface area contributed by atoms with Crippen LogP contribution in [0, 0.1) is 0 Å².